The van der Waals surface area contributed by atoms with E-state index in [0.29, 0.717) is 5.56 Å². The SMILES string of the molecule is COc1nn(C)cc1C(=O)N(C)CC(=O)NC1CCCCC1. The van der Waals surface area contributed by atoms with E-state index in [1.165, 1.54) is 23.1 Å². The molecule has 7 nitrogen and oxygen atoms in total. The first-order chi connectivity index (χ1) is 10.5. The highest BCUT2D eigenvalue weighted by atomic mass is 16.5. The minimum atomic E-state index is -0.274. The number of carbonyl (C=O) groups excluding carboxylic acids is 2. The Kier molecular flexibility index (Phi) is 5.41. The molecule has 0 unspecified atom stereocenters. The number of methoxy groups -OCH3 is 1. The molecule has 7 heteroatoms. The van der Waals surface area contributed by atoms with E-state index in [1.54, 1.807) is 20.3 Å². The van der Waals surface area contributed by atoms with Crippen molar-refractivity contribution < 1.29 is 14.3 Å². The molecule has 0 atom stereocenters. The van der Waals surface area contributed by atoms with E-state index >= 15 is 0 Å². The van der Waals surface area contributed by atoms with Crippen LogP contribution in [0.3, 0.4) is 0 Å². The molecule has 1 aromatic heterocycles. The van der Waals surface area contributed by atoms with Crippen molar-refractivity contribution in [1.29, 1.82) is 0 Å². The molecule has 0 aliphatic heterocycles. The summed E-state index contributed by atoms with van der Waals surface area (Å²) in [6, 6.07) is 0.248. The summed E-state index contributed by atoms with van der Waals surface area (Å²) in [5.74, 6) is -0.124. The number of hydrogen-bond donors (Lipinski definition) is 1. The number of nitrogens with zero attached hydrogens (tertiary/aromatic N) is 3. The van der Waals surface area contributed by atoms with Crippen LogP contribution in [-0.2, 0) is 11.8 Å². The predicted octanol–water partition coefficient (Wildman–Crippen LogP) is 0.950. The number of nitrogens with one attached hydrogen (secondary N) is 1. The highest BCUT2D eigenvalue weighted by Gasteiger charge is 2.23. The Bertz CT molecular complexity index is 535. The number of likely N-dealkylation sites (N-methyl/N-ethyl adjacent to an activating group) is 1. The summed E-state index contributed by atoms with van der Waals surface area (Å²) in [4.78, 5) is 25.8. The van der Waals surface area contributed by atoms with Gasteiger partial charge in [0.1, 0.15) is 5.56 Å². The third-order valence-corrected chi connectivity index (χ3v) is 3.92. The van der Waals surface area contributed by atoms with Crippen LogP contribution in [0.15, 0.2) is 6.20 Å². The Labute approximate surface area is 130 Å². The first-order valence-electron chi connectivity index (χ1n) is 7.63. The maximum Gasteiger partial charge on any atom is 0.261 e. The number of aromatic nitrogens is 2. The molecule has 1 fully saturated rings. The summed E-state index contributed by atoms with van der Waals surface area (Å²) in [7, 11) is 4.79. The zero-order valence-corrected chi connectivity index (χ0v) is 13.5. The van der Waals surface area contributed by atoms with E-state index in [1.807, 2.05) is 0 Å². The van der Waals surface area contributed by atoms with Crippen LogP contribution >= 0.6 is 0 Å². The predicted molar refractivity (Wildman–Crippen MR) is 81.7 cm³/mol. The normalized spacial score (nSPS) is 15.4. The molecule has 1 N–H and O–H groups in total. The molecule has 0 radical (unpaired) electrons. The summed E-state index contributed by atoms with van der Waals surface area (Å²) in [6.45, 7) is 0.0351. The first-order valence-corrected chi connectivity index (χ1v) is 7.63. The Hall–Kier alpha value is -2.05. The van der Waals surface area contributed by atoms with Crippen molar-refractivity contribution in [3.63, 3.8) is 0 Å². The zero-order chi connectivity index (χ0) is 16.1. The van der Waals surface area contributed by atoms with Gasteiger partial charge in [-0.05, 0) is 12.8 Å². The van der Waals surface area contributed by atoms with Gasteiger partial charge in [-0.25, -0.2) is 0 Å². The monoisotopic (exact) mass is 308 g/mol. The Morgan fingerprint density at radius 2 is 2.09 bits per heavy atom. The molecule has 0 spiro atoms. The molecule has 1 aliphatic rings. The van der Waals surface area contributed by atoms with Crippen molar-refractivity contribution in [3.05, 3.63) is 11.8 Å². The minimum absolute atomic E-state index is 0.0351. The molecular formula is C15H24N4O3. The fourth-order valence-electron chi connectivity index (χ4n) is 2.78. The highest BCUT2D eigenvalue weighted by molar-refractivity contribution is 5.98. The molecule has 1 aromatic rings. The van der Waals surface area contributed by atoms with E-state index in [0.717, 1.165) is 25.7 Å². The summed E-state index contributed by atoms with van der Waals surface area (Å²) in [5, 5.41) is 7.06. The Morgan fingerprint density at radius 1 is 1.41 bits per heavy atom. The second kappa shape index (κ2) is 7.29. The van der Waals surface area contributed by atoms with Crippen molar-refractivity contribution in [2.45, 2.75) is 38.1 Å². The Balaban J connectivity index is 1.91. The summed E-state index contributed by atoms with van der Waals surface area (Å²) in [6.07, 6.45) is 7.21. The first kappa shape index (κ1) is 16.3. The second-order valence-electron chi connectivity index (χ2n) is 5.79. The summed E-state index contributed by atoms with van der Waals surface area (Å²) < 4.78 is 6.60. The van der Waals surface area contributed by atoms with Crippen LogP contribution in [0.5, 0.6) is 5.88 Å². The van der Waals surface area contributed by atoms with Crippen LogP contribution in [0.4, 0.5) is 0 Å². The maximum absolute atomic E-state index is 12.4. The molecule has 0 bridgehead atoms. The van der Waals surface area contributed by atoms with Gasteiger partial charge in [0.2, 0.25) is 11.8 Å². The minimum Gasteiger partial charge on any atom is -0.479 e. The molecule has 22 heavy (non-hydrogen) atoms. The number of hydrogen-bond acceptors (Lipinski definition) is 4. The molecule has 2 rings (SSSR count). The van der Waals surface area contributed by atoms with Gasteiger partial charge in [-0.2, -0.15) is 0 Å². The van der Waals surface area contributed by atoms with Gasteiger partial charge in [0.25, 0.3) is 5.91 Å². The van der Waals surface area contributed by atoms with Gasteiger partial charge in [-0.3, -0.25) is 14.3 Å². The van der Waals surface area contributed by atoms with Crippen LogP contribution in [0.25, 0.3) is 0 Å². The number of rotatable bonds is 5. The number of aryl methyl sites for hydroxylation is 1. The van der Waals surface area contributed by atoms with Gasteiger partial charge in [-0.15, -0.1) is 5.10 Å². The lowest BCUT2D eigenvalue weighted by atomic mass is 9.95. The number of amides is 2. The molecule has 1 heterocycles. The van der Waals surface area contributed by atoms with Gasteiger partial charge in [0.15, 0.2) is 0 Å². The summed E-state index contributed by atoms with van der Waals surface area (Å²) >= 11 is 0. The third kappa shape index (κ3) is 3.99. The van der Waals surface area contributed by atoms with Gasteiger partial charge in [-0.1, -0.05) is 19.3 Å². The molecule has 0 saturated heterocycles. The number of carbonyl (C=O) groups is 2. The van der Waals surface area contributed by atoms with Gasteiger partial charge in [0, 0.05) is 26.3 Å². The molecule has 2 amide bonds. The number of ether oxygens (including phenoxy) is 1. The lowest BCUT2D eigenvalue weighted by molar-refractivity contribution is -0.122. The fourth-order valence-corrected chi connectivity index (χ4v) is 2.78. The average molecular weight is 308 g/mol. The van der Waals surface area contributed by atoms with E-state index in [4.69, 9.17) is 4.74 Å². The van der Waals surface area contributed by atoms with Crippen LogP contribution in [-0.4, -0.2) is 53.2 Å². The van der Waals surface area contributed by atoms with E-state index < -0.39 is 0 Å². The lowest BCUT2D eigenvalue weighted by Gasteiger charge is -2.24. The average Bonchev–Trinajstić information content (AvgIpc) is 2.88. The van der Waals surface area contributed by atoms with Crippen molar-refractivity contribution in [2.75, 3.05) is 20.7 Å². The van der Waals surface area contributed by atoms with Crippen LogP contribution < -0.4 is 10.1 Å². The van der Waals surface area contributed by atoms with Crippen LogP contribution in [0.1, 0.15) is 42.5 Å². The summed E-state index contributed by atoms with van der Waals surface area (Å²) in [5.41, 5.74) is 0.359. The topological polar surface area (TPSA) is 76.5 Å². The second-order valence-corrected chi connectivity index (χ2v) is 5.79. The van der Waals surface area contributed by atoms with Crippen LogP contribution in [0, 0.1) is 0 Å². The van der Waals surface area contributed by atoms with Gasteiger partial charge >= 0.3 is 0 Å². The molecule has 1 aliphatic carbocycles. The fraction of sp³-hybridized carbons (Fsp3) is 0.667. The van der Waals surface area contributed by atoms with E-state index in [2.05, 4.69) is 10.4 Å². The van der Waals surface area contributed by atoms with Crippen molar-refractivity contribution in [2.24, 2.45) is 7.05 Å². The largest absolute Gasteiger partial charge is 0.479 e. The van der Waals surface area contributed by atoms with Gasteiger partial charge in [0.05, 0.1) is 13.7 Å². The standard InChI is InChI=1S/C15H24N4O3/c1-18(10-13(20)16-11-7-5-4-6-8-11)15(21)12-9-19(2)17-14(12)22-3/h9,11H,4-8,10H2,1-3H3,(H,16,20). The van der Waals surface area contributed by atoms with Crippen molar-refractivity contribution >= 4 is 11.8 Å². The van der Waals surface area contributed by atoms with Crippen LogP contribution in [0.2, 0.25) is 0 Å². The van der Waals surface area contributed by atoms with Crippen molar-refractivity contribution in [1.82, 2.24) is 20.0 Å². The molecular weight excluding hydrogens is 284 g/mol. The van der Waals surface area contributed by atoms with Gasteiger partial charge < -0.3 is 15.0 Å². The van der Waals surface area contributed by atoms with E-state index in [9.17, 15) is 9.59 Å². The zero-order valence-electron chi connectivity index (χ0n) is 13.5. The quantitative estimate of drug-likeness (QED) is 0.878. The molecule has 1 saturated carbocycles. The Morgan fingerprint density at radius 3 is 2.73 bits per heavy atom. The lowest BCUT2D eigenvalue weighted by Crippen LogP contribution is -2.43. The van der Waals surface area contributed by atoms with E-state index in [-0.39, 0.29) is 30.3 Å². The van der Waals surface area contributed by atoms with Crippen molar-refractivity contribution in [3.8, 4) is 5.88 Å². The molecule has 122 valence electrons. The maximum atomic E-state index is 12.4. The third-order valence-electron chi connectivity index (χ3n) is 3.92. The smallest absolute Gasteiger partial charge is 0.261 e. The highest BCUT2D eigenvalue weighted by Crippen LogP contribution is 2.18. The molecule has 0 aromatic carbocycles.